The molecule has 1 aromatic heterocycles. The Morgan fingerprint density at radius 1 is 1.29 bits per heavy atom. The van der Waals surface area contributed by atoms with Gasteiger partial charge in [0.25, 0.3) is 0 Å². The van der Waals surface area contributed by atoms with Gasteiger partial charge < -0.3 is 15.0 Å². The Morgan fingerprint density at radius 3 is 2.71 bits per heavy atom. The van der Waals surface area contributed by atoms with Gasteiger partial charge in [0.15, 0.2) is 0 Å². The van der Waals surface area contributed by atoms with Crippen LogP contribution < -0.4 is 10.1 Å². The molecule has 0 saturated heterocycles. The number of nitrogens with one attached hydrogen (secondary N) is 1. The van der Waals surface area contributed by atoms with Gasteiger partial charge in [0.05, 0.1) is 13.1 Å². The lowest BCUT2D eigenvalue weighted by Crippen LogP contribution is -2.38. The molecule has 0 aliphatic heterocycles. The van der Waals surface area contributed by atoms with Crippen LogP contribution in [0, 0.1) is 6.92 Å². The minimum atomic E-state index is -0.0871. The van der Waals surface area contributed by atoms with Gasteiger partial charge in [-0.15, -0.1) is 11.3 Å². The number of amides is 2. The molecule has 2 amide bonds. The first kappa shape index (κ1) is 15.4. The average Bonchev–Trinajstić information content (AvgIpc) is 3.00. The van der Waals surface area contributed by atoms with E-state index in [0.717, 1.165) is 10.6 Å². The molecule has 1 heterocycles. The number of ether oxygens (including phenoxy) is 1. The topological polar surface area (TPSA) is 41.6 Å². The van der Waals surface area contributed by atoms with Gasteiger partial charge in [0, 0.05) is 11.9 Å². The summed E-state index contributed by atoms with van der Waals surface area (Å²) in [7, 11) is 1.77. The van der Waals surface area contributed by atoms with Crippen LogP contribution >= 0.6 is 11.3 Å². The van der Waals surface area contributed by atoms with Crippen molar-refractivity contribution in [3.8, 4) is 5.75 Å². The number of urea groups is 1. The maximum Gasteiger partial charge on any atom is 0.317 e. The van der Waals surface area contributed by atoms with Crippen molar-refractivity contribution in [3.63, 3.8) is 0 Å². The molecule has 5 heteroatoms. The standard InChI is InChI=1S/C16H20N2O2S/c1-13-5-7-14(8-6-13)20-10-9-18(2)16(19)17-12-15-4-3-11-21-15/h3-8,11H,9-10,12H2,1-2H3,(H,17,19). The summed E-state index contributed by atoms with van der Waals surface area (Å²) in [5, 5.41) is 4.88. The van der Waals surface area contributed by atoms with Gasteiger partial charge in [-0.25, -0.2) is 4.79 Å². The number of benzene rings is 1. The van der Waals surface area contributed by atoms with Gasteiger partial charge >= 0.3 is 6.03 Å². The van der Waals surface area contributed by atoms with Crippen LogP contribution in [0.2, 0.25) is 0 Å². The summed E-state index contributed by atoms with van der Waals surface area (Å²) in [6.07, 6.45) is 0. The number of thiophene rings is 1. The summed E-state index contributed by atoms with van der Waals surface area (Å²) in [5.41, 5.74) is 1.20. The first-order valence-electron chi connectivity index (χ1n) is 6.86. The highest BCUT2D eigenvalue weighted by Gasteiger charge is 2.08. The van der Waals surface area contributed by atoms with E-state index in [1.807, 2.05) is 48.7 Å². The van der Waals surface area contributed by atoms with E-state index in [2.05, 4.69) is 5.32 Å². The van der Waals surface area contributed by atoms with Crippen molar-refractivity contribution in [3.05, 3.63) is 52.2 Å². The fourth-order valence-corrected chi connectivity index (χ4v) is 2.39. The number of likely N-dealkylation sites (N-methyl/N-ethyl adjacent to an activating group) is 1. The molecule has 4 nitrogen and oxygen atoms in total. The van der Waals surface area contributed by atoms with Crippen molar-refractivity contribution in [2.24, 2.45) is 0 Å². The molecular formula is C16H20N2O2S. The third-order valence-corrected chi connectivity index (χ3v) is 3.93. The molecule has 21 heavy (non-hydrogen) atoms. The summed E-state index contributed by atoms with van der Waals surface area (Å²) in [6, 6.07) is 11.8. The number of carbonyl (C=O) groups is 1. The molecule has 1 aromatic carbocycles. The zero-order valence-corrected chi connectivity index (χ0v) is 13.2. The van der Waals surface area contributed by atoms with Gasteiger partial charge in [-0.1, -0.05) is 23.8 Å². The Labute approximate surface area is 129 Å². The highest BCUT2D eigenvalue weighted by Crippen LogP contribution is 2.11. The van der Waals surface area contributed by atoms with Gasteiger partial charge in [0.2, 0.25) is 0 Å². The van der Waals surface area contributed by atoms with Gasteiger partial charge in [-0.2, -0.15) is 0 Å². The Kier molecular flexibility index (Phi) is 5.63. The monoisotopic (exact) mass is 304 g/mol. The molecule has 1 N–H and O–H groups in total. The van der Waals surface area contributed by atoms with Gasteiger partial charge in [-0.3, -0.25) is 0 Å². The van der Waals surface area contributed by atoms with Gasteiger partial charge in [0.1, 0.15) is 12.4 Å². The molecule has 112 valence electrons. The summed E-state index contributed by atoms with van der Waals surface area (Å²) in [5.74, 6) is 0.827. The maximum absolute atomic E-state index is 11.9. The number of aryl methyl sites for hydroxylation is 1. The molecule has 0 aliphatic rings. The van der Waals surface area contributed by atoms with Crippen molar-refractivity contribution in [1.82, 2.24) is 10.2 Å². The molecule has 0 bridgehead atoms. The van der Waals surface area contributed by atoms with Crippen LogP contribution in [0.1, 0.15) is 10.4 Å². The molecule has 0 spiro atoms. The predicted octanol–water partition coefficient (Wildman–Crippen LogP) is 3.28. The number of hydrogen-bond acceptors (Lipinski definition) is 3. The van der Waals surface area contributed by atoms with E-state index in [1.54, 1.807) is 23.3 Å². The van der Waals surface area contributed by atoms with E-state index < -0.39 is 0 Å². The first-order valence-corrected chi connectivity index (χ1v) is 7.74. The minimum absolute atomic E-state index is 0.0871. The highest BCUT2D eigenvalue weighted by molar-refractivity contribution is 7.09. The van der Waals surface area contributed by atoms with E-state index in [0.29, 0.717) is 19.7 Å². The van der Waals surface area contributed by atoms with Crippen molar-refractivity contribution in [2.75, 3.05) is 20.2 Å². The Bertz CT molecular complexity index is 552. The normalized spacial score (nSPS) is 10.2. The van der Waals surface area contributed by atoms with E-state index in [-0.39, 0.29) is 6.03 Å². The molecule has 0 fully saturated rings. The molecule has 0 unspecified atom stereocenters. The Balaban J connectivity index is 1.67. The van der Waals surface area contributed by atoms with Crippen LogP contribution in [0.5, 0.6) is 5.75 Å². The number of hydrogen-bond donors (Lipinski definition) is 1. The largest absolute Gasteiger partial charge is 0.492 e. The van der Waals surface area contributed by atoms with E-state index in [9.17, 15) is 4.79 Å². The maximum atomic E-state index is 11.9. The van der Waals surface area contributed by atoms with Crippen LogP contribution in [0.3, 0.4) is 0 Å². The first-order chi connectivity index (χ1) is 10.1. The number of rotatable bonds is 6. The molecular weight excluding hydrogens is 284 g/mol. The highest BCUT2D eigenvalue weighted by atomic mass is 32.1. The lowest BCUT2D eigenvalue weighted by Gasteiger charge is -2.18. The van der Waals surface area contributed by atoms with Crippen molar-refractivity contribution >= 4 is 17.4 Å². The number of nitrogens with zero attached hydrogens (tertiary/aromatic N) is 1. The fraction of sp³-hybridized carbons (Fsp3) is 0.312. The van der Waals surface area contributed by atoms with E-state index >= 15 is 0 Å². The molecule has 0 atom stereocenters. The van der Waals surface area contributed by atoms with Crippen LogP contribution in [0.25, 0.3) is 0 Å². The molecule has 0 aliphatic carbocycles. The SMILES string of the molecule is Cc1ccc(OCCN(C)C(=O)NCc2cccs2)cc1. The average molecular weight is 304 g/mol. The second-order valence-corrected chi connectivity index (χ2v) is 5.85. The van der Waals surface area contributed by atoms with E-state index in [4.69, 9.17) is 4.74 Å². The van der Waals surface area contributed by atoms with Crippen LogP contribution in [-0.4, -0.2) is 31.1 Å². The third-order valence-electron chi connectivity index (χ3n) is 3.06. The second-order valence-electron chi connectivity index (χ2n) is 4.82. The predicted molar refractivity (Wildman–Crippen MR) is 85.9 cm³/mol. The smallest absolute Gasteiger partial charge is 0.317 e. The summed E-state index contributed by atoms with van der Waals surface area (Å²) in [6.45, 7) is 3.63. The summed E-state index contributed by atoms with van der Waals surface area (Å²) >= 11 is 1.63. The Morgan fingerprint density at radius 2 is 2.05 bits per heavy atom. The van der Waals surface area contributed by atoms with Gasteiger partial charge in [-0.05, 0) is 30.5 Å². The van der Waals surface area contributed by atoms with Crippen molar-refractivity contribution in [1.29, 1.82) is 0 Å². The van der Waals surface area contributed by atoms with Crippen molar-refractivity contribution in [2.45, 2.75) is 13.5 Å². The zero-order chi connectivity index (χ0) is 15.1. The van der Waals surface area contributed by atoms with Crippen molar-refractivity contribution < 1.29 is 9.53 Å². The lowest BCUT2D eigenvalue weighted by molar-refractivity contribution is 0.195. The van der Waals surface area contributed by atoms with Crippen LogP contribution in [0.4, 0.5) is 4.79 Å². The summed E-state index contributed by atoms with van der Waals surface area (Å²) in [4.78, 5) is 14.7. The lowest BCUT2D eigenvalue weighted by atomic mass is 10.2. The molecule has 0 radical (unpaired) electrons. The number of carbonyl (C=O) groups excluding carboxylic acids is 1. The van der Waals surface area contributed by atoms with Crippen LogP contribution in [-0.2, 0) is 6.54 Å². The molecule has 2 rings (SSSR count). The Hall–Kier alpha value is -2.01. The molecule has 2 aromatic rings. The fourth-order valence-electron chi connectivity index (χ4n) is 1.75. The van der Waals surface area contributed by atoms with E-state index in [1.165, 1.54) is 5.56 Å². The second kappa shape index (κ2) is 7.69. The zero-order valence-electron chi connectivity index (χ0n) is 12.3. The quantitative estimate of drug-likeness (QED) is 0.890. The minimum Gasteiger partial charge on any atom is -0.492 e. The third kappa shape index (κ3) is 5.11. The molecule has 0 saturated carbocycles. The summed E-state index contributed by atoms with van der Waals surface area (Å²) < 4.78 is 5.61. The van der Waals surface area contributed by atoms with Crippen LogP contribution in [0.15, 0.2) is 41.8 Å².